The summed E-state index contributed by atoms with van der Waals surface area (Å²) in [4.78, 5) is 0.0860. The van der Waals surface area contributed by atoms with Gasteiger partial charge in [-0.2, -0.15) is 0 Å². The quantitative estimate of drug-likeness (QED) is 0.865. The number of aryl methyl sites for hydroxylation is 2. The molecule has 0 spiro atoms. The summed E-state index contributed by atoms with van der Waals surface area (Å²) in [6.07, 6.45) is 0. The van der Waals surface area contributed by atoms with Crippen LogP contribution in [0.15, 0.2) is 35.2 Å². The van der Waals surface area contributed by atoms with Crippen molar-refractivity contribution < 1.29 is 22.6 Å². The topological polar surface area (TPSA) is 73.9 Å². The Labute approximate surface area is 142 Å². The molecule has 0 unspecified atom stereocenters. The van der Waals surface area contributed by atoms with Crippen molar-refractivity contribution in [2.75, 3.05) is 26.1 Å². The van der Waals surface area contributed by atoms with E-state index in [4.69, 9.17) is 14.2 Å². The maximum Gasteiger partial charge on any atom is 0.265 e. The van der Waals surface area contributed by atoms with Crippen molar-refractivity contribution >= 4 is 15.7 Å². The molecule has 0 amide bonds. The van der Waals surface area contributed by atoms with E-state index in [2.05, 4.69) is 4.72 Å². The van der Waals surface area contributed by atoms with Crippen LogP contribution in [0.3, 0.4) is 0 Å². The van der Waals surface area contributed by atoms with Crippen molar-refractivity contribution in [3.8, 4) is 17.2 Å². The Kier molecular flexibility index (Phi) is 5.23. The van der Waals surface area contributed by atoms with Gasteiger partial charge in [-0.15, -0.1) is 0 Å². The molecule has 2 rings (SSSR count). The monoisotopic (exact) mass is 351 g/mol. The van der Waals surface area contributed by atoms with Crippen molar-refractivity contribution in [3.63, 3.8) is 0 Å². The second-order valence-corrected chi connectivity index (χ2v) is 6.91. The van der Waals surface area contributed by atoms with Crippen LogP contribution in [-0.4, -0.2) is 29.7 Å². The first kappa shape index (κ1) is 17.9. The third kappa shape index (κ3) is 3.56. The summed E-state index contributed by atoms with van der Waals surface area (Å²) >= 11 is 0. The van der Waals surface area contributed by atoms with Crippen LogP contribution in [0, 0.1) is 13.8 Å². The Morgan fingerprint density at radius 1 is 0.792 bits per heavy atom. The highest BCUT2D eigenvalue weighted by Crippen LogP contribution is 2.33. The summed E-state index contributed by atoms with van der Waals surface area (Å²) in [7, 11) is 0.637. The van der Waals surface area contributed by atoms with Gasteiger partial charge in [0.15, 0.2) is 11.5 Å². The van der Waals surface area contributed by atoms with Gasteiger partial charge in [-0.1, -0.05) is 0 Å². The second kappa shape index (κ2) is 7.00. The van der Waals surface area contributed by atoms with Crippen LogP contribution in [-0.2, 0) is 10.0 Å². The van der Waals surface area contributed by atoms with E-state index >= 15 is 0 Å². The first-order chi connectivity index (χ1) is 11.3. The van der Waals surface area contributed by atoms with E-state index in [1.54, 1.807) is 30.3 Å². The minimum atomic E-state index is -3.81. The highest BCUT2D eigenvalue weighted by molar-refractivity contribution is 7.92. The lowest BCUT2D eigenvalue weighted by Gasteiger charge is -2.15. The van der Waals surface area contributed by atoms with Crippen LogP contribution in [0.4, 0.5) is 5.69 Å². The van der Waals surface area contributed by atoms with Crippen molar-refractivity contribution in [3.05, 3.63) is 41.5 Å². The number of rotatable bonds is 6. The third-order valence-corrected chi connectivity index (χ3v) is 5.11. The molecule has 130 valence electrons. The molecule has 7 heteroatoms. The molecule has 2 aromatic rings. The fraction of sp³-hybridized carbons (Fsp3) is 0.294. The molecule has 6 nitrogen and oxygen atoms in total. The highest BCUT2D eigenvalue weighted by Gasteiger charge is 2.21. The number of methoxy groups -OCH3 is 3. The van der Waals surface area contributed by atoms with Gasteiger partial charge in [0.2, 0.25) is 0 Å². The lowest BCUT2D eigenvalue weighted by molar-refractivity contribution is 0.355. The summed E-state index contributed by atoms with van der Waals surface area (Å²) in [5, 5.41) is 0. The number of anilines is 1. The molecule has 24 heavy (non-hydrogen) atoms. The number of hydrogen-bond donors (Lipinski definition) is 1. The predicted molar refractivity (Wildman–Crippen MR) is 92.8 cm³/mol. The van der Waals surface area contributed by atoms with E-state index in [0.717, 1.165) is 11.1 Å². The van der Waals surface area contributed by atoms with Gasteiger partial charge in [-0.05, 0) is 49.2 Å². The standard InChI is InChI=1S/C17H21NO5S/c1-11-8-16(23-5)17(9-12(11)2)24(19,20)18-13-6-7-14(21-3)15(10-13)22-4/h6-10,18H,1-5H3. The highest BCUT2D eigenvalue weighted by atomic mass is 32.2. The summed E-state index contributed by atoms with van der Waals surface area (Å²) in [5.41, 5.74) is 2.19. The van der Waals surface area contributed by atoms with Crippen molar-refractivity contribution in [1.29, 1.82) is 0 Å². The van der Waals surface area contributed by atoms with Gasteiger partial charge < -0.3 is 14.2 Å². The molecular weight excluding hydrogens is 330 g/mol. The molecular formula is C17H21NO5S. The Bertz CT molecular complexity index is 846. The van der Waals surface area contributed by atoms with Gasteiger partial charge in [-0.3, -0.25) is 4.72 Å². The normalized spacial score (nSPS) is 11.0. The fourth-order valence-electron chi connectivity index (χ4n) is 2.24. The molecule has 0 atom stereocenters. The molecule has 1 N–H and O–H groups in total. The molecule has 0 aliphatic rings. The lowest BCUT2D eigenvalue weighted by atomic mass is 10.1. The van der Waals surface area contributed by atoms with E-state index in [0.29, 0.717) is 22.9 Å². The van der Waals surface area contributed by atoms with Gasteiger partial charge in [0.25, 0.3) is 10.0 Å². The molecule has 0 bridgehead atoms. The number of nitrogens with one attached hydrogen (secondary N) is 1. The molecule has 0 aromatic heterocycles. The Morgan fingerprint density at radius 2 is 1.38 bits per heavy atom. The zero-order valence-corrected chi connectivity index (χ0v) is 15.2. The van der Waals surface area contributed by atoms with Crippen molar-refractivity contribution in [2.45, 2.75) is 18.7 Å². The molecule has 0 aliphatic heterocycles. The van der Waals surface area contributed by atoms with Crippen LogP contribution < -0.4 is 18.9 Å². The molecule has 0 aliphatic carbocycles. The molecule has 0 saturated carbocycles. The number of ether oxygens (including phenoxy) is 3. The average Bonchev–Trinajstić information content (AvgIpc) is 2.56. The molecule has 2 aromatic carbocycles. The molecule has 0 saturated heterocycles. The van der Waals surface area contributed by atoms with Crippen LogP contribution in [0.25, 0.3) is 0 Å². The van der Waals surface area contributed by atoms with E-state index in [1.807, 2.05) is 13.8 Å². The number of sulfonamides is 1. The van der Waals surface area contributed by atoms with Crippen LogP contribution >= 0.6 is 0 Å². The SMILES string of the molecule is COc1ccc(NS(=O)(=O)c2cc(C)c(C)cc2OC)cc1OC. The smallest absolute Gasteiger partial charge is 0.265 e. The minimum Gasteiger partial charge on any atom is -0.495 e. The van der Waals surface area contributed by atoms with Gasteiger partial charge in [-0.25, -0.2) is 8.42 Å². The largest absolute Gasteiger partial charge is 0.495 e. The van der Waals surface area contributed by atoms with E-state index < -0.39 is 10.0 Å². The lowest BCUT2D eigenvalue weighted by Crippen LogP contribution is -2.14. The first-order valence-electron chi connectivity index (χ1n) is 7.22. The van der Waals surface area contributed by atoms with E-state index in [9.17, 15) is 8.42 Å². The van der Waals surface area contributed by atoms with Gasteiger partial charge in [0.1, 0.15) is 10.6 Å². The van der Waals surface area contributed by atoms with Crippen LogP contribution in [0.2, 0.25) is 0 Å². The third-order valence-electron chi connectivity index (χ3n) is 3.71. The minimum absolute atomic E-state index is 0.0860. The van der Waals surface area contributed by atoms with Crippen LogP contribution in [0.1, 0.15) is 11.1 Å². The average molecular weight is 351 g/mol. The summed E-state index contributed by atoms with van der Waals surface area (Å²) < 4.78 is 43.6. The summed E-state index contributed by atoms with van der Waals surface area (Å²) in [6.45, 7) is 3.75. The fourth-order valence-corrected chi connectivity index (χ4v) is 3.53. The van der Waals surface area contributed by atoms with Crippen molar-refractivity contribution in [2.24, 2.45) is 0 Å². The summed E-state index contributed by atoms with van der Waals surface area (Å²) in [5.74, 6) is 1.25. The molecule has 0 heterocycles. The Balaban J connectivity index is 2.44. The van der Waals surface area contributed by atoms with Crippen molar-refractivity contribution in [1.82, 2.24) is 0 Å². The molecule has 0 fully saturated rings. The second-order valence-electron chi connectivity index (χ2n) is 5.26. The van der Waals surface area contributed by atoms with Gasteiger partial charge >= 0.3 is 0 Å². The maximum atomic E-state index is 12.7. The Morgan fingerprint density at radius 3 is 1.96 bits per heavy atom. The Hall–Kier alpha value is -2.41. The van der Waals surface area contributed by atoms with E-state index in [-0.39, 0.29) is 4.90 Å². The van der Waals surface area contributed by atoms with E-state index in [1.165, 1.54) is 21.3 Å². The zero-order chi connectivity index (χ0) is 17.9. The van der Waals surface area contributed by atoms with Crippen LogP contribution in [0.5, 0.6) is 17.2 Å². The predicted octanol–water partition coefficient (Wildman–Crippen LogP) is 3.13. The maximum absolute atomic E-state index is 12.7. The van der Waals surface area contributed by atoms with Gasteiger partial charge in [0, 0.05) is 6.07 Å². The zero-order valence-electron chi connectivity index (χ0n) is 14.3. The first-order valence-corrected chi connectivity index (χ1v) is 8.70. The number of hydrogen-bond acceptors (Lipinski definition) is 5. The summed E-state index contributed by atoms with van der Waals surface area (Å²) in [6, 6.07) is 8.10. The number of benzene rings is 2. The molecule has 0 radical (unpaired) electrons. The van der Waals surface area contributed by atoms with Gasteiger partial charge in [0.05, 0.1) is 27.0 Å².